The van der Waals surface area contributed by atoms with Crippen molar-refractivity contribution in [2.45, 2.75) is 38.4 Å². The fourth-order valence-electron chi connectivity index (χ4n) is 3.96. The second-order valence-electron chi connectivity index (χ2n) is 7.01. The van der Waals surface area contributed by atoms with Crippen molar-refractivity contribution >= 4 is 0 Å². The van der Waals surface area contributed by atoms with Crippen molar-refractivity contribution in [1.82, 2.24) is 10.0 Å². The van der Waals surface area contributed by atoms with Gasteiger partial charge in [-0.3, -0.25) is 5.01 Å². The zero-order valence-corrected chi connectivity index (χ0v) is 15.1. The van der Waals surface area contributed by atoms with Gasteiger partial charge in [0.15, 0.2) is 0 Å². The van der Waals surface area contributed by atoms with Crippen LogP contribution in [-0.4, -0.2) is 22.6 Å². The molecule has 3 atom stereocenters. The number of benzene rings is 2. The standard InChI is InChI=1S/C20H24N4O2/c1-15(2)19-20(17-11-7-4-8-12-17)24(22-26)18(13-14-23(19)21-25)16-9-5-3-6-10-16/h3-12,15,18-20H,13-14H2,1-2H3. The summed E-state index contributed by atoms with van der Waals surface area (Å²) in [5.41, 5.74) is 1.98. The maximum absolute atomic E-state index is 12.0. The van der Waals surface area contributed by atoms with Crippen LogP contribution in [0.3, 0.4) is 0 Å². The van der Waals surface area contributed by atoms with Crippen molar-refractivity contribution < 1.29 is 0 Å². The molecule has 0 saturated carbocycles. The monoisotopic (exact) mass is 352 g/mol. The number of nitroso groups, excluding NO2 is 2. The summed E-state index contributed by atoms with van der Waals surface area (Å²) < 4.78 is 0. The quantitative estimate of drug-likeness (QED) is 0.721. The minimum absolute atomic E-state index is 0.122. The van der Waals surface area contributed by atoms with Crippen LogP contribution in [0.2, 0.25) is 0 Å². The smallest absolute Gasteiger partial charge is 0.0982 e. The van der Waals surface area contributed by atoms with Gasteiger partial charge in [0.2, 0.25) is 0 Å². The van der Waals surface area contributed by atoms with Gasteiger partial charge in [-0.2, -0.15) is 0 Å². The first-order valence-corrected chi connectivity index (χ1v) is 8.98. The largest absolute Gasteiger partial charge is 0.255 e. The lowest BCUT2D eigenvalue weighted by Crippen LogP contribution is -2.43. The van der Waals surface area contributed by atoms with E-state index in [1.54, 1.807) is 10.0 Å². The highest BCUT2D eigenvalue weighted by atomic mass is 16.3. The lowest BCUT2D eigenvalue weighted by atomic mass is 9.89. The highest BCUT2D eigenvalue weighted by Crippen LogP contribution is 2.42. The van der Waals surface area contributed by atoms with E-state index in [0.29, 0.717) is 13.0 Å². The number of hydrogen-bond donors (Lipinski definition) is 0. The third-order valence-corrected chi connectivity index (χ3v) is 5.11. The Morgan fingerprint density at radius 2 is 1.46 bits per heavy atom. The molecule has 3 unspecified atom stereocenters. The summed E-state index contributed by atoms with van der Waals surface area (Å²) in [4.78, 5) is 23.6. The van der Waals surface area contributed by atoms with Gasteiger partial charge >= 0.3 is 0 Å². The molecule has 26 heavy (non-hydrogen) atoms. The Labute approximate surface area is 153 Å². The van der Waals surface area contributed by atoms with Crippen molar-refractivity contribution in [3.63, 3.8) is 0 Å². The third kappa shape index (κ3) is 3.45. The normalized spacial score (nSPS) is 23.6. The molecule has 2 aromatic rings. The van der Waals surface area contributed by atoms with Gasteiger partial charge < -0.3 is 0 Å². The topological polar surface area (TPSA) is 65.3 Å². The summed E-state index contributed by atoms with van der Waals surface area (Å²) in [6, 6.07) is 18.9. The van der Waals surface area contributed by atoms with Gasteiger partial charge in [0.25, 0.3) is 0 Å². The highest BCUT2D eigenvalue weighted by molar-refractivity contribution is 5.25. The van der Waals surface area contributed by atoms with Gasteiger partial charge in [-0.1, -0.05) is 74.5 Å². The predicted octanol–water partition coefficient (Wildman–Crippen LogP) is 4.86. The highest BCUT2D eigenvalue weighted by Gasteiger charge is 2.42. The van der Waals surface area contributed by atoms with Crippen LogP contribution in [0.15, 0.2) is 71.2 Å². The molecule has 136 valence electrons. The molecule has 0 aliphatic carbocycles. The van der Waals surface area contributed by atoms with E-state index in [9.17, 15) is 9.81 Å². The third-order valence-electron chi connectivity index (χ3n) is 5.11. The Morgan fingerprint density at radius 1 is 0.885 bits per heavy atom. The summed E-state index contributed by atoms with van der Waals surface area (Å²) in [6.07, 6.45) is 0.605. The zero-order chi connectivity index (χ0) is 18.5. The molecule has 6 nitrogen and oxygen atoms in total. The van der Waals surface area contributed by atoms with E-state index in [1.165, 1.54) is 0 Å². The van der Waals surface area contributed by atoms with Crippen molar-refractivity contribution in [3.05, 3.63) is 81.6 Å². The van der Waals surface area contributed by atoms with E-state index >= 15 is 0 Å². The van der Waals surface area contributed by atoms with E-state index < -0.39 is 0 Å². The Bertz CT molecular complexity index is 723. The Balaban J connectivity index is 2.13. The minimum atomic E-state index is -0.348. The molecule has 1 fully saturated rings. The molecule has 0 radical (unpaired) electrons. The van der Waals surface area contributed by atoms with E-state index in [2.05, 4.69) is 10.6 Å². The van der Waals surface area contributed by atoms with Gasteiger partial charge in [0.1, 0.15) is 0 Å². The molecular weight excluding hydrogens is 328 g/mol. The van der Waals surface area contributed by atoms with Crippen LogP contribution in [0.1, 0.15) is 43.5 Å². The summed E-state index contributed by atoms with van der Waals surface area (Å²) in [6.45, 7) is 4.58. The molecule has 0 bridgehead atoms. The summed E-state index contributed by atoms with van der Waals surface area (Å²) in [7, 11) is 0. The molecule has 1 aliphatic rings. The Hall–Kier alpha value is -2.76. The van der Waals surface area contributed by atoms with Crippen molar-refractivity contribution in [2.75, 3.05) is 6.54 Å². The van der Waals surface area contributed by atoms with Crippen molar-refractivity contribution in [3.8, 4) is 0 Å². The average Bonchev–Trinajstić information content (AvgIpc) is 2.85. The van der Waals surface area contributed by atoms with Crippen LogP contribution in [0.25, 0.3) is 0 Å². The average molecular weight is 352 g/mol. The van der Waals surface area contributed by atoms with E-state index in [-0.39, 0.29) is 24.0 Å². The molecule has 1 heterocycles. The molecule has 0 spiro atoms. The van der Waals surface area contributed by atoms with E-state index in [1.807, 2.05) is 74.5 Å². The molecule has 0 N–H and O–H groups in total. The van der Waals surface area contributed by atoms with Crippen LogP contribution in [0, 0.1) is 15.7 Å². The van der Waals surface area contributed by atoms with Crippen molar-refractivity contribution in [1.29, 1.82) is 0 Å². The van der Waals surface area contributed by atoms with Crippen LogP contribution in [-0.2, 0) is 0 Å². The number of rotatable bonds is 5. The van der Waals surface area contributed by atoms with Crippen LogP contribution in [0.4, 0.5) is 0 Å². The molecule has 2 aromatic carbocycles. The molecular formula is C20H24N4O2. The molecule has 0 amide bonds. The summed E-state index contributed by atoms with van der Waals surface area (Å²) >= 11 is 0. The number of hydrogen-bond acceptors (Lipinski definition) is 4. The van der Waals surface area contributed by atoms with Gasteiger partial charge in [-0.05, 0) is 23.5 Å². The Morgan fingerprint density at radius 3 is 1.96 bits per heavy atom. The molecule has 3 rings (SSSR count). The molecule has 1 aliphatic heterocycles. The van der Waals surface area contributed by atoms with Gasteiger partial charge in [0, 0.05) is 6.54 Å². The van der Waals surface area contributed by atoms with Crippen LogP contribution >= 0.6 is 0 Å². The van der Waals surface area contributed by atoms with Gasteiger partial charge in [-0.15, -0.1) is 9.81 Å². The second-order valence-corrected chi connectivity index (χ2v) is 7.01. The zero-order valence-electron chi connectivity index (χ0n) is 15.1. The summed E-state index contributed by atoms with van der Waals surface area (Å²) in [5, 5.41) is 9.95. The SMILES string of the molecule is CC(C)C1C(c2ccccc2)N(N=O)C(c2ccccc2)CCN1N=O. The lowest BCUT2D eigenvalue weighted by Gasteiger charge is -2.38. The summed E-state index contributed by atoms with van der Waals surface area (Å²) in [5.74, 6) is 0.122. The first-order valence-electron chi connectivity index (χ1n) is 8.98. The van der Waals surface area contributed by atoms with E-state index in [4.69, 9.17) is 0 Å². The lowest BCUT2D eigenvalue weighted by molar-refractivity contribution is 0.0627. The molecule has 6 heteroatoms. The maximum atomic E-state index is 12.0. The maximum Gasteiger partial charge on any atom is 0.0982 e. The van der Waals surface area contributed by atoms with Crippen LogP contribution in [0.5, 0.6) is 0 Å². The number of nitrogens with zero attached hydrogens (tertiary/aromatic N) is 4. The molecule has 0 aromatic heterocycles. The van der Waals surface area contributed by atoms with Gasteiger partial charge in [-0.25, -0.2) is 5.01 Å². The predicted molar refractivity (Wildman–Crippen MR) is 102 cm³/mol. The fraction of sp³-hybridized carbons (Fsp3) is 0.400. The minimum Gasteiger partial charge on any atom is -0.255 e. The first-order chi connectivity index (χ1) is 12.7. The molecule has 1 saturated heterocycles. The second kappa shape index (κ2) is 8.08. The van der Waals surface area contributed by atoms with Gasteiger partial charge in [0.05, 0.1) is 28.7 Å². The first kappa shape index (κ1) is 18.0. The van der Waals surface area contributed by atoms with E-state index in [0.717, 1.165) is 11.1 Å². The Kier molecular flexibility index (Phi) is 5.61. The fourth-order valence-corrected chi connectivity index (χ4v) is 3.96. The van der Waals surface area contributed by atoms with Crippen molar-refractivity contribution in [2.24, 2.45) is 16.5 Å². The van der Waals surface area contributed by atoms with Crippen LogP contribution < -0.4 is 0 Å².